The van der Waals surface area contributed by atoms with Crippen LogP contribution in [0.5, 0.6) is 0 Å². The van der Waals surface area contributed by atoms with Gasteiger partial charge in [0.25, 0.3) is 0 Å². The molecule has 1 unspecified atom stereocenters. The molecule has 0 radical (unpaired) electrons. The first-order valence-corrected chi connectivity index (χ1v) is 6.49. The number of nitrogens with zero attached hydrogens (tertiary/aromatic N) is 3. The number of carbonyl (C=O) groups excluding carboxylic acids is 1. The number of carbonyl (C=O) groups is 1. The van der Waals surface area contributed by atoms with Gasteiger partial charge in [-0.05, 0) is 30.7 Å². The summed E-state index contributed by atoms with van der Waals surface area (Å²) in [5.41, 5.74) is 0.783. The van der Waals surface area contributed by atoms with E-state index in [4.69, 9.17) is 16.3 Å². The standard InChI is InChI=1S/C14H14ClN3O2/c1-11(10-18-8-2-7-17-18)20-14(19)6-4-12-3-5-13(15)16-9-12/h2-9,11H,10H2,1H3. The van der Waals surface area contributed by atoms with E-state index in [0.29, 0.717) is 11.7 Å². The molecular formula is C14H14ClN3O2. The van der Waals surface area contributed by atoms with E-state index in [-0.39, 0.29) is 6.10 Å². The normalized spacial score (nSPS) is 12.5. The summed E-state index contributed by atoms with van der Waals surface area (Å²) >= 11 is 5.68. The highest BCUT2D eigenvalue weighted by atomic mass is 35.5. The predicted molar refractivity (Wildman–Crippen MR) is 76.1 cm³/mol. The van der Waals surface area contributed by atoms with Crippen molar-refractivity contribution in [3.8, 4) is 0 Å². The van der Waals surface area contributed by atoms with Crippen molar-refractivity contribution in [1.29, 1.82) is 0 Å². The molecule has 1 atom stereocenters. The third kappa shape index (κ3) is 4.51. The van der Waals surface area contributed by atoms with Crippen LogP contribution in [0.15, 0.2) is 42.9 Å². The Kier molecular flexibility index (Phi) is 4.90. The number of esters is 1. The van der Waals surface area contributed by atoms with Gasteiger partial charge in [0.15, 0.2) is 0 Å². The van der Waals surface area contributed by atoms with Gasteiger partial charge in [0.2, 0.25) is 0 Å². The Morgan fingerprint density at radius 1 is 1.55 bits per heavy atom. The van der Waals surface area contributed by atoms with E-state index in [1.807, 2.05) is 19.2 Å². The van der Waals surface area contributed by atoms with E-state index < -0.39 is 5.97 Å². The van der Waals surface area contributed by atoms with E-state index in [9.17, 15) is 4.79 Å². The minimum absolute atomic E-state index is 0.254. The molecule has 0 spiro atoms. The van der Waals surface area contributed by atoms with Crippen molar-refractivity contribution >= 4 is 23.6 Å². The molecular weight excluding hydrogens is 278 g/mol. The average molecular weight is 292 g/mol. The molecule has 0 fully saturated rings. The Hall–Kier alpha value is -2.14. The Labute approximate surface area is 121 Å². The maximum atomic E-state index is 11.6. The molecule has 2 aromatic rings. The van der Waals surface area contributed by atoms with Gasteiger partial charge in [0.05, 0.1) is 6.54 Å². The summed E-state index contributed by atoms with van der Waals surface area (Å²) in [6, 6.07) is 5.25. The summed E-state index contributed by atoms with van der Waals surface area (Å²) in [6.45, 7) is 2.34. The van der Waals surface area contributed by atoms with Crippen LogP contribution in [0, 0.1) is 0 Å². The number of pyridine rings is 1. The van der Waals surface area contributed by atoms with Crippen molar-refractivity contribution in [2.24, 2.45) is 0 Å². The van der Waals surface area contributed by atoms with Crippen molar-refractivity contribution in [1.82, 2.24) is 14.8 Å². The SMILES string of the molecule is CC(Cn1cccn1)OC(=O)C=Cc1ccc(Cl)nc1. The number of halogens is 1. The molecule has 0 saturated carbocycles. The van der Waals surface area contributed by atoms with E-state index in [0.717, 1.165) is 5.56 Å². The summed E-state index contributed by atoms with van der Waals surface area (Å²) in [6.07, 6.45) is 7.83. The molecule has 2 aromatic heterocycles. The lowest BCUT2D eigenvalue weighted by Gasteiger charge is -2.11. The first-order chi connectivity index (χ1) is 9.63. The molecule has 6 heteroatoms. The quantitative estimate of drug-likeness (QED) is 0.483. The molecule has 0 aliphatic heterocycles. The lowest BCUT2D eigenvalue weighted by Crippen LogP contribution is -2.19. The number of ether oxygens (including phenoxy) is 1. The maximum Gasteiger partial charge on any atom is 0.331 e. The zero-order chi connectivity index (χ0) is 14.4. The summed E-state index contributed by atoms with van der Waals surface area (Å²) in [5, 5.41) is 4.47. The van der Waals surface area contributed by atoms with Crippen LogP contribution in [0.1, 0.15) is 12.5 Å². The molecule has 2 rings (SSSR count). The van der Waals surface area contributed by atoms with Gasteiger partial charge in [0, 0.05) is 24.7 Å². The van der Waals surface area contributed by atoms with Crippen LogP contribution in [0.2, 0.25) is 5.15 Å². The number of hydrogen-bond donors (Lipinski definition) is 0. The van der Waals surface area contributed by atoms with Gasteiger partial charge in [-0.1, -0.05) is 17.7 Å². The molecule has 2 heterocycles. The highest BCUT2D eigenvalue weighted by Gasteiger charge is 2.07. The van der Waals surface area contributed by atoms with Gasteiger partial charge >= 0.3 is 5.97 Å². The number of aromatic nitrogens is 3. The monoisotopic (exact) mass is 291 g/mol. The molecule has 0 aromatic carbocycles. The van der Waals surface area contributed by atoms with Crippen LogP contribution in [0.25, 0.3) is 6.08 Å². The fraction of sp³-hybridized carbons (Fsp3) is 0.214. The van der Waals surface area contributed by atoms with Crippen molar-refractivity contribution in [3.05, 3.63) is 53.6 Å². The van der Waals surface area contributed by atoms with Gasteiger partial charge in [-0.3, -0.25) is 4.68 Å². The van der Waals surface area contributed by atoms with Crippen molar-refractivity contribution in [3.63, 3.8) is 0 Å². The summed E-state index contributed by atoms with van der Waals surface area (Å²) in [4.78, 5) is 15.6. The molecule has 104 valence electrons. The van der Waals surface area contributed by atoms with E-state index in [2.05, 4.69) is 10.1 Å². The van der Waals surface area contributed by atoms with Crippen LogP contribution in [-0.2, 0) is 16.1 Å². The largest absolute Gasteiger partial charge is 0.458 e. The van der Waals surface area contributed by atoms with Gasteiger partial charge < -0.3 is 4.74 Å². The molecule has 20 heavy (non-hydrogen) atoms. The Bertz CT molecular complexity index is 579. The third-order valence-corrected chi connectivity index (χ3v) is 2.71. The van der Waals surface area contributed by atoms with Crippen LogP contribution in [-0.4, -0.2) is 26.8 Å². The second-order valence-corrected chi connectivity index (χ2v) is 4.61. The van der Waals surface area contributed by atoms with Crippen LogP contribution in [0.4, 0.5) is 0 Å². The zero-order valence-electron chi connectivity index (χ0n) is 10.9. The first-order valence-electron chi connectivity index (χ1n) is 6.11. The van der Waals surface area contributed by atoms with Gasteiger partial charge in [-0.25, -0.2) is 9.78 Å². The van der Waals surface area contributed by atoms with Gasteiger partial charge in [-0.15, -0.1) is 0 Å². The summed E-state index contributed by atoms with van der Waals surface area (Å²) < 4.78 is 6.95. The van der Waals surface area contributed by atoms with Crippen molar-refractivity contribution in [2.75, 3.05) is 0 Å². The van der Waals surface area contributed by atoms with Gasteiger partial charge in [0.1, 0.15) is 11.3 Å². The Balaban J connectivity index is 1.84. The zero-order valence-corrected chi connectivity index (χ0v) is 11.7. The van der Waals surface area contributed by atoms with Crippen molar-refractivity contribution < 1.29 is 9.53 Å². The Morgan fingerprint density at radius 3 is 3.05 bits per heavy atom. The third-order valence-electron chi connectivity index (χ3n) is 2.48. The fourth-order valence-electron chi connectivity index (χ4n) is 1.60. The number of hydrogen-bond acceptors (Lipinski definition) is 4. The first kappa shape index (κ1) is 14.3. The minimum Gasteiger partial charge on any atom is -0.458 e. The second kappa shape index (κ2) is 6.86. The Morgan fingerprint density at radius 2 is 2.40 bits per heavy atom. The minimum atomic E-state index is -0.403. The van der Waals surface area contributed by atoms with E-state index in [1.165, 1.54) is 6.08 Å². The van der Waals surface area contributed by atoms with Crippen molar-refractivity contribution in [2.45, 2.75) is 19.6 Å². The summed E-state index contributed by atoms with van der Waals surface area (Å²) in [5.74, 6) is -0.403. The molecule has 5 nitrogen and oxygen atoms in total. The molecule has 0 N–H and O–H groups in total. The molecule has 0 saturated heterocycles. The highest BCUT2D eigenvalue weighted by molar-refractivity contribution is 6.29. The lowest BCUT2D eigenvalue weighted by atomic mass is 10.2. The molecule has 0 bridgehead atoms. The summed E-state index contributed by atoms with van der Waals surface area (Å²) in [7, 11) is 0. The second-order valence-electron chi connectivity index (χ2n) is 4.22. The molecule has 0 aliphatic rings. The van der Waals surface area contributed by atoms with Crippen LogP contribution >= 0.6 is 11.6 Å². The number of rotatable bonds is 5. The fourth-order valence-corrected chi connectivity index (χ4v) is 1.71. The molecule has 0 amide bonds. The predicted octanol–water partition coefficient (Wildman–Crippen LogP) is 2.58. The van der Waals surface area contributed by atoms with Crippen LogP contribution < -0.4 is 0 Å². The van der Waals surface area contributed by atoms with Gasteiger partial charge in [-0.2, -0.15) is 5.10 Å². The maximum absolute atomic E-state index is 11.6. The van der Waals surface area contributed by atoms with E-state index in [1.54, 1.807) is 35.3 Å². The topological polar surface area (TPSA) is 57.0 Å². The lowest BCUT2D eigenvalue weighted by molar-refractivity contribution is -0.142. The molecule has 0 aliphatic carbocycles. The smallest absolute Gasteiger partial charge is 0.331 e. The highest BCUT2D eigenvalue weighted by Crippen LogP contribution is 2.07. The van der Waals surface area contributed by atoms with Crippen LogP contribution in [0.3, 0.4) is 0 Å². The average Bonchev–Trinajstić information content (AvgIpc) is 2.90. The van der Waals surface area contributed by atoms with E-state index >= 15 is 0 Å².